The van der Waals surface area contributed by atoms with Gasteiger partial charge in [0.1, 0.15) is 5.75 Å². The van der Waals surface area contributed by atoms with E-state index in [0.717, 1.165) is 0 Å². The highest BCUT2D eigenvalue weighted by Gasteiger charge is 2.05. The molecule has 0 N–H and O–H groups in total. The zero-order valence-electron chi connectivity index (χ0n) is 8.69. The van der Waals surface area contributed by atoms with E-state index in [1.165, 1.54) is 0 Å². The number of Topliss-reactive ketones (excluding diaryl/α,β-unsaturated/α-hetero) is 1. The fourth-order valence-electron chi connectivity index (χ4n) is 1.27. The van der Waals surface area contributed by atoms with E-state index in [4.69, 9.17) is 10.00 Å². The van der Waals surface area contributed by atoms with Crippen LogP contribution in [0.4, 0.5) is 0 Å². The summed E-state index contributed by atoms with van der Waals surface area (Å²) in [6.07, 6.45) is 1.46. The summed E-state index contributed by atoms with van der Waals surface area (Å²) in [5.41, 5.74) is 0.646. The summed E-state index contributed by atoms with van der Waals surface area (Å²) in [5, 5.41) is 8.35. The van der Waals surface area contributed by atoms with Crippen LogP contribution >= 0.6 is 0 Å². The smallest absolute Gasteiger partial charge is 0.163 e. The average Bonchev–Trinajstić information content (AvgIpc) is 2.29. The number of hydrogen-bond acceptors (Lipinski definition) is 3. The Hall–Kier alpha value is -1.82. The van der Waals surface area contributed by atoms with Crippen LogP contribution in [0.1, 0.15) is 29.6 Å². The van der Waals surface area contributed by atoms with E-state index in [1.807, 2.05) is 6.07 Å². The minimum Gasteiger partial charge on any atom is -0.497 e. The number of carbonyl (C=O) groups is 1. The molecule has 0 aromatic heterocycles. The first kappa shape index (κ1) is 11.3. The average molecular weight is 203 g/mol. The summed E-state index contributed by atoms with van der Waals surface area (Å²) < 4.78 is 5.03. The third-order valence-electron chi connectivity index (χ3n) is 2.08. The highest BCUT2D eigenvalue weighted by molar-refractivity contribution is 5.96. The zero-order valence-corrected chi connectivity index (χ0v) is 8.69. The second-order valence-electron chi connectivity index (χ2n) is 3.17. The molecule has 0 aliphatic rings. The van der Waals surface area contributed by atoms with Crippen molar-refractivity contribution in [2.24, 2.45) is 0 Å². The van der Waals surface area contributed by atoms with Crippen LogP contribution in [0.2, 0.25) is 0 Å². The van der Waals surface area contributed by atoms with Gasteiger partial charge in [-0.05, 0) is 18.6 Å². The topological polar surface area (TPSA) is 50.1 Å². The van der Waals surface area contributed by atoms with Gasteiger partial charge in [0.25, 0.3) is 0 Å². The van der Waals surface area contributed by atoms with Gasteiger partial charge in [-0.15, -0.1) is 0 Å². The highest BCUT2D eigenvalue weighted by atomic mass is 16.5. The first-order valence-corrected chi connectivity index (χ1v) is 4.82. The lowest BCUT2D eigenvalue weighted by molar-refractivity contribution is 0.0980. The molecule has 1 aromatic carbocycles. The summed E-state index contributed by atoms with van der Waals surface area (Å²) >= 11 is 0. The normalized spacial score (nSPS) is 9.33. The molecular formula is C12H13NO2. The number of nitrogens with zero attached hydrogens (tertiary/aromatic N) is 1. The van der Waals surface area contributed by atoms with Gasteiger partial charge in [0.05, 0.1) is 13.2 Å². The minimum absolute atomic E-state index is 0.0594. The molecule has 0 aliphatic carbocycles. The molecule has 0 atom stereocenters. The zero-order chi connectivity index (χ0) is 11.1. The SMILES string of the molecule is COc1cccc(C(=O)CCCC#N)c1. The van der Waals surface area contributed by atoms with Gasteiger partial charge in [-0.25, -0.2) is 0 Å². The second kappa shape index (κ2) is 5.82. The van der Waals surface area contributed by atoms with Crippen molar-refractivity contribution < 1.29 is 9.53 Å². The maximum Gasteiger partial charge on any atom is 0.163 e. The molecule has 0 fully saturated rings. The van der Waals surface area contributed by atoms with E-state index < -0.39 is 0 Å². The largest absolute Gasteiger partial charge is 0.497 e. The van der Waals surface area contributed by atoms with Crippen LogP contribution in [-0.4, -0.2) is 12.9 Å². The van der Waals surface area contributed by atoms with Crippen molar-refractivity contribution in [2.45, 2.75) is 19.3 Å². The first-order valence-electron chi connectivity index (χ1n) is 4.82. The quantitative estimate of drug-likeness (QED) is 0.546. The molecule has 15 heavy (non-hydrogen) atoms. The predicted octanol–water partition coefficient (Wildman–Crippen LogP) is 2.57. The van der Waals surface area contributed by atoms with Gasteiger partial charge < -0.3 is 4.74 Å². The lowest BCUT2D eigenvalue weighted by atomic mass is 10.1. The second-order valence-corrected chi connectivity index (χ2v) is 3.17. The predicted molar refractivity (Wildman–Crippen MR) is 56.8 cm³/mol. The molecule has 0 heterocycles. The fraction of sp³-hybridized carbons (Fsp3) is 0.333. The maximum absolute atomic E-state index is 11.6. The van der Waals surface area contributed by atoms with E-state index in [0.29, 0.717) is 30.6 Å². The number of carbonyl (C=O) groups excluding carboxylic acids is 1. The Labute approximate surface area is 89.3 Å². The van der Waals surface area contributed by atoms with Crippen molar-refractivity contribution in [3.05, 3.63) is 29.8 Å². The summed E-state index contributed by atoms with van der Waals surface area (Å²) in [4.78, 5) is 11.6. The summed E-state index contributed by atoms with van der Waals surface area (Å²) in [6.45, 7) is 0. The number of unbranched alkanes of at least 4 members (excludes halogenated alkanes) is 1. The van der Waals surface area contributed by atoms with Crippen molar-refractivity contribution in [3.63, 3.8) is 0 Å². The molecule has 1 aromatic rings. The van der Waals surface area contributed by atoms with Gasteiger partial charge in [0.2, 0.25) is 0 Å². The van der Waals surface area contributed by atoms with Gasteiger partial charge in [-0.1, -0.05) is 12.1 Å². The van der Waals surface area contributed by atoms with Gasteiger partial charge in [0.15, 0.2) is 5.78 Å². The lowest BCUT2D eigenvalue weighted by Crippen LogP contribution is -1.99. The molecule has 0 unspecified atom stereocenters. The number of hydrogen-bond donors (Lipinski definition) is 0. The Bertz CT molecular complexity index is 379. The fourth-order valence-corrected chi connectivity index (χ4v) is 1.27. The number of methoxy groups -OCH3 is 1. The monoisotopic (exact) mass is 203 g/mol. The molecule has 0 radical (unpaired) electrons. The Morgan fingerprint density at radius 3 is 3.00 bits per heavy atom. The van der Waals surface area contributed by atoms with Crippen LogP contribution in [0.25, 0.3) is 0 Å². The molecule has 0 saturated heterocycles. The maximum atomic E-state index is 11.6. The molecule has 0 amide bonds. The molecule has 3 nitrogen and oxygen atoms in total. The number of ketones is 1. The van der Waals surface area contributed by atoms with Crippen LogP contribution in [0.5, 0.6) is 5.75 Å². The highest BCUT2D eigenvalue weighted by Crippen LogP contribution is 2.14. The molecule has 0 saturated carbocycles. The number of nitriles is 1. The third-order valence-corrected chi connectivity index (χ3v) is 2.08. The number of rotatable bonds is 5. The Morgan fingerprint density at radius 1 is 1.53 bits per heavy atom. The van der Waals surface area contributed by atoms with Crippen LogP contribution < -0.4 is 4.74 Å². The molecule has 1 rings (SSSR count). The van der Waals surface area contributed by atoms with Crippen molar-refractivity contribution >= 4 is 5.78 Å². The third kappa shape index (κ3) is 3.43. The van der Waals surface area contributed by atoms with Crippen molar-refractivity contribution in [1.82, 2.24) is 0 Å². The lowest BCUT2D eigenvalue weighted by Gasteiger charge is -2.02. The molecule has 78 valence electrons. The molecule has 0 bridgehead atoms. The molecule has 0 spiro atoms. The standard InChI is InChI=1S/C12H13NO2/c1-15-11-6-4-5-10(9-11)12(14)7-2-3-8-13/h4-6,9H,2-3,7H2,1H3. The molecule has 3 heteroatoms. The van der Waals surface area contributed by atoms with Gasteiger partial charge in [-0.3, -0.25) is 4.79 Å². The Kier molecular flexibility index (Phi) is 4.36. The van der Waals surface area contributed by atoms with E-state index in [2.05, 4.69) is 0 Å². The molecule has 0 aliphatic heterocycles. The van der Waals surface area contributed by atoms with E-state index in [9.17, 15) is 4.79 Å². The summed E-state index contributed by atoms with van der Waals surface area (Å²) in [5.74, 6) is 0.741. The minimum atomic E-state index is 0.0594. The van der Waals surface area contributed by atoms with Gasteiger partial charge >= 0.3 is 0 Å². The van der Waals surface area contributed by atoms with E-state index in [-0.39, 0.29) is 5.78 Å². The Balaban J connectivity index is 2.61. The van der Waals surface area contributed by atoms with Crippen molar-refractivity contribution in [1.29, 1.82) is 5.26 Å². The van der Waals surface area contributed by atoms with Crippen LogP contribution in [0.15, 0.2) is 24.3 Å². The Morgan fingerprint density at radius 2 is 2.33 bits per heavy atom. The van der Waals surface area contributed by atoms with Gasteiger partial charge in [0, 0.05) is 18.4 Å². The number of ether oxygens (including phenoxy) is 1. The first-order chi connectivity index (χ1) is 7.27. The van der Waals surface area contributed by atoms with Crippen LogP contribution in [0.3, 0.4) is 0 Å². The molecular weight excluding hydrogens is 190 g/mol. The van der Waals surface area contributed by atoms with Crippen molar-refractivity contribution in [3.8, 4) is 11.8 Å². The van der Waals surface area contributed by atoms with E-state index >= 15 is 0 Å². The summed E-state index contributed by atoms with van der Waals surface area (Å²) in [7, 11) is 1.57. The summed E-state index contributed by atoms with van der Waals surface area (Å²) in [6, 6.07) is 9.08. The van der Waals surface area contributed by atoms with E-state index in [1.54, 1.807) is 31.4 Å². The van der Waals surface area contributed by atoms with Crippen LogP contribution in [0, 0.1) is 11.3 Å². The number of benzene rings is 1. The van der Waals surface area contributed by atoms with Crippen molar-refractivity contribution in [2.75, 3.05) is 7.11 Å². The van der Waals surface area contributed by atoms with Crippen LogP contribution in [-0.2, 0) is 0 Å². The van der Waals surface area contributed by atoms with Gasteiger partial charge in [-0.2, -0.15) is 5.26 Å².